The van der Waals surface area contributed by atoms with Crippen molar-refractivity contribution in [3.63, 3.8) is 0 Å². The quantitative estimate of drug-likeness (QED) is 0.387. The van der Waals surface area contributed by atoms with Gasteiger partial charge in [-0.2, -0.15) is 0 Å². The molecule has 0 N–H and O–H groups in total. The normalized spacial score (nSPS) is 10.4. The lowest BCUT2D eigenvalue weighted by atomic mass is 10.2. The van der Waals surface area contributed by atoms with Crippen LogP contribution in [0.3, 0.4) is 0 Å². The lowest BCUT2D eigenvalue weighted by molar-refractivity contribution is -0.384. The minimum Gasteiger partial charge on any atom is -0.439 e. The molecule has 0 saturated carbocycles. The molecule has 0 saturated heterocycles. The number of anilines is 1. The summed E-state index contributed by atoms with van der Waals surface area (Å²) in [7, 11) is 0. The second-order valence-corrected chi connectivity index (χ2v) is 6.68. The zero-order valence-electron chi connectivity index (χ0n) is 14.9. The lowest BCUT2D eigenvalue weighted by Gasteiger charge is -2.21. The molecule has 7 nitrogen and oxygen atoms in total. The Balaban J connectivity index is 1.76. The number of nitrogens with zero attached hydrogens (tertiary/aromatic N) is 3. The highest BCUT2D eigenvalue weighted by Gasteiger charge is 2.18. The second-order valence-electron chi connectivity index (χ2n) is 5.77. The highest BCUT2D eigenvalue weighted by molar-refractivity contribution is 9.10. The number of halogens is 1. The maximum absolute atomic E-state index is 12.8. The summed E-state index contributed by atoms with van der Waals surface area (Å²) < 4.78 is 6.56. The van der Waals surface area contributed by atoms with Gasteiger partial charge in [0.1, 0.15) is 5.75 Å². The number of amides is 1. The number of benzene rings is 2. The molecule has 0 atom stereocenters. The minimum absolute atomic E-state index is 0.0250. The number of pyridine rings is 1. The Hall–Kier alpha value is -3.26. The number of hydrogen-bond acceptors (Lipinski definition) is 5. The van der Waals surface area contributed by atoms with Gasteiger partial charge in [-0.25, -0.2) is 4.98 Å². The topological polar surface area (TPSA) is 85.6 Å². The van der Waals surface area contributed by atoms with Gasteiger partial charge in [-0.15, -0.1) is 0 Å². The Morgan fingerprint density at radius 3 is 2.50 bits per heavy atom. The summed E-state index contributed by atoms with van der Waals surface area (Å²) in [6.45, 7) is 2.24. The van der Waals surface area contributed by atoms with E-state index in [4.69, 9.17) is 4.74 Å². The first-order chi connectivity index (χ1) is 13.5. The molecule has 0 aliphatic carbocycles. The van der Waals surface area contributed by atoms with Crippen molar-refractivity contribution < 1.29 is 14.5 Å². The Morgan fingerprint density at radius 1 is 1.18 bits per heavy atom. The van der Waals surface area contributed by atoms with Crippen LogP contribution in [0, 0.1) is 10.1 Å². The number of non-ortho nitro benzene ring substituents is 1. The van der Waals surface area contributed by atoms with Crippen LogP contribution in [0.25, 0.3) is 0 Å². The van der Waals surface area contributed by atoms with Crippen molar-refractivity contribution in [2.75, 3.05) is 11.4 Å². The van der Waals surface area contributed by atoms with Crippen LogP contribution in [0.15, 0.2) is 71.3 Å². The molecule has 0 aliphatic rings. The molecule has 1 heterocycles. The molecule has 0 radical (unpaired) electrons. The zero-order valence-corrected chi connectivity index (χ0v) is 16.5. The van der Waals surface area contributed by atoms with E-state index in [1.165, 1.54) is 23.2 Å². The van der Waals surface area contributed by atoms with Crippen molar-refractivity contribution in [1.29, 1.82) is 0 Å². The average molecular weight is 442 g/mol. The lowest BCUT2D eigenvalue weighted by Crippen LogP contribution is -2.30. The molecule has 0 unspecified atom stereocenters. The summed E-state index contributed by atoms with van der Waals surface area (Å²) in [5.74, 6) is 0.743. The summed E-state index contributed by atoms with van der Waals surface area (Å²) in [5, 5.41) is 10.8. The van der Waals surface area contributed by atoms with E-state index in [0.29, 0.717) is 29.4 Å². The van der Waals surface area contributed by atoms with Gasteiger partial charge in [0.05, 0.1) is 10.5 Å². The molecule has 0 fully saturated rings. The maximum atomic E-state index is 12.8. The fraction of sp³-hybridized carbons (Fsp3) is 0.100. The van der Waals surface area contributed by atoms with Gasteiger partial charge < -0.3 is 9.64 Å². The van der Waals surface area contributed by atoms with Gasteiger partial charge in [0.25, 0.3) is 11.6 Å². The third-order valence-corrected chi connectivity index (χ3v) is 4.43. The van der Waals surface area contributed by atoms with E-state index >= 15 is 0 Å². The predicted octanol–water partition coefficient (Wildman–Crippen LogP) is 5.21. The summed E-state index contributed by atoms with van der Waals surface area (Å²) >= 11 is 3.38. The van der Waals surface area contributed by atoms with Gasteiger partial charge in [0.15, 0.2) is 0 Å². The molecule has 0 aliphatic heterocycles. The second kappa shape index (κ2) is 8.62. The first kappa shape index (κ1) is 19.5. The van der Waals surface area contributed by atoms with Crippen molar-refractivity contribution in [3.05, 3.63) is 87.0 Å². The minimum atomic E-state index is -0.476. The van der Waals surface area contributed by atoms with Gasteiger partial charge in [-0.3, -0.25) is 14.9 Å². The standard InChI is InChI=1S/C20H16BrN3O4/c1-2-23(16-7-9-17(10-8-16)24(26)27)20(25)14-6-11-19(22-13-14)28-18-5-3-4-15(21)12-18/h3-13H,2H2,1H3. The van der Waals surface area contributed by atoms with Gasteiger partial charge in [-0.1, -0.05) is 22.0 Å². The average Bonchev–Trinajstić information content (AvgIpc) is 2.69. The maximum Gasteiger partial charge on any atom is 0.269 e. The van der Waals surface area contributed by atoms with E-state index in [0.717, 1.165) is 4.47 Å². The highest BCUT2D eigenvalue weighted by atomic mass is 79.9. The van der Waals surface area contributed by atoms with E-state index < -0.39 is 4.92 Å². The highest BCUT2D eigenvalue weighted by Crippen LogP contribution is 2.24. The zero-order chi connectivity index (χ0) is 20.1. The van der Waals surface area contributed by atoms with Crippen LogP contribution >= 0.6 is 15.9 Å². The van der Waals surface area contributed by atoms with E-state index in [1.807, 2.05) is 25.1 Å². The SMILES string of the molecule is CCN(C(=O)c1ccc(Oc2cccc(Br)c2)nc1)c1ccc([N+](=O)[O-])cc1. The largest absolute Gasteiger partial charge is 0.439 e. The third-order valence-electron chi connectivity index (χ3n) is 3.94. The Morgan fingerprint density at radius 2 is 1.93 bits per heavy atom. The van der Waals surface area contributed by atoms with Crippen molar-refractivity contribution in [1.82, 2.24) is 4.98 Å². The van der Waals surface area contributed by atoms with Gasteiger partial charge >= 0.3 is 0 Å². The summed E-state index contributed by atoms with van der Waals surface area (Å²) in [4.78, 5) is 28.9. The fourth-order valence-corrected chi connectivity index (χ4v) is 2.95. The van der Waals surface area contributed by atoms with Gasteiger partial charge in [0, 0.05) is 41.1 Å². The van der Waals surface area contributed by atoms with E-state index in [-0.39, 0.29) is 11.6 Å². The Labute approximate surface area is 169 Å². The molecular formula is C20H16BrN3O4. The number of nitro groups is 1. The van der Waals surface area contributed by atoms with Crippen LogP contribution in [0.2, 0.25) is 0 Å². The number of aromatic nitrogens is 1. The molecule has 0 bridgehead atoms. The fourth-order valence-electron chi connectivity index (χ4n) is 2.57. The van der Waals surface area contributed by atoms with Crippen molar-refractivity contribution in [2.45, 2.75) is 6.92 Å². The van der Waals surface area contributed by atoms with Gasteiger partial charge in [0.2, 0.25) is 5.88 Å². The summed E-state index contributed by atoms with van der Waals surface area (Å²) in [6.07, 6.45) is 1.45. The third kappa shape index (κ3) is 4.52. The van der Waals surface area contributed by atoms with Crippen molar-refractivity contribution in [3.8, 4) is 11.6 Å². The van der Waals surface area contributed by atoms with E-state index in [1.54, 1.807) is 30.3 Å². The molecule has 2 aromatic carbocycles. The molecular weight excluding hydrogens is 426 g/mol. The number of carbonyl (C=O) groups excluding carboxylic acids is 1. The molecule has 3 aromatic rings. The van der Waals surface area contributed by atoms with E-state index in [2.05, 4.69) is 20.9 Å². The van der Waals surface area contributed by atoms with Crippen LogP contribution in [0.1, 0.15) is 17.3 Å². The molecule has 0 spiro atoms. The predicted molar refractivity (Wildman–Crippen MR) is 109 cm³/mol. The number of hydrogen-bond donors (Lipinski definition) is 0. The molecule has 1 amide bonds. The Kier molecular flexibility index (Phi) is 6.00. The van der Waals surface area contributed by atoms with Gasteiger partial charge in [-0.05, 0) is 43.3 Å². The molecule has 3 rings (SSSR count). The monoisotopic (exact) mass is 441 g/mol. The van der Waals surface area contributed by atoms with Crippen LogP contribution in [-0.4, -0.2) is 22.4 Å². The number of rotatable bonds is 6. The summed E-state index contributed by atoms with van der Waals surface area (Å²) in [6, 6.07) is 16.5. The van der Waals surface area contributed by atoms with E-state index in [9.17, 15) is 14.9 Å². The summed E-state index contributed by atoms with van der Waals surface area (Å²) in [5.41, 5.74) is 0.942. The van der Waals surface area contributed by atoms with Crippen LogP contribution < -0.4 is 9.64 Å². The molecule has 1 aromatic heterocycles. The first-order valence-electron chi connectivity index (χ1n) is 8.43. The van der Waals surface area contributed by atoms with Crippen LogP contribution in [0.5, 0.6) is 11.6 Å². The smallest absolute Gasteiger partial charge is 0.269 e. The Bertz CT molecular complexity index is 991. The number of ether oxygens (including phenoxy) is 1. The van der Waals surface area contributed by atoms with Crippen molar-refractivity contribution >= 4 is 33.2 Å². The van der Waals surface area contributed by atoms with Crippen LogP contribution in [-0.2, 0) is 0 Å². The molecule has 142 valence electrons. The number of carbonyl (C=O) groups is 1. The number of nitro benzene ring substituents is 1. The van der Waals surface area contributed by atoms with Crippen LogP contribution in [0.4, 0.5) is 11.4 Å². The first-order valence-corrected chi connectivity index (χ1v) is 9.23. The molecule has 8 heteroatoms. The van der Waals surface area contributed by atoms with Crippen molar-refractivity contribution in [2.24, 2.45) is 0 Å². The molecule has 28 heavy (non-hydrogen) atoms.